The molecule has 0 unspecified atom stereocenters. The number of carbonyl (C=O) groups is 2. The van der Waals surface area contributed by atoms with Crippen LogP contribution in [0.5, 0.6) is 0 Å². The van der Waals surface area contributed by atoms with Crippen LogP contribution in [0.25, 0.3) is 0 Å². The van der Waals surface area contributed by atoms with Crippen molar-refractivity contribution in [3.63, 3.8) is 0 Å². The number of carbonyl (C=O) groups excluding carboxylic acids is 2. The molecule has 0 bridgehead atoms. The van der Waals surface area contributed by atoms with Gasteiger partial charge in [-0.1, -0.05) is 0 Å². The van der Waals surface area contributed by atoms with E-state index in [-0.39, 0.29) is 25.9 Å². The monoisotopic (exact) mass is 264 g/mol. The zero-order valence-corrected chi connectivity index (χ0v) is 9.81. The summed E-state index contributed by atoms with van der Waals surface area (Å²) in [6.07, 6.45) is 1.57. The van der Waals surface area contributed by atoms with Crippen molar-refractivity contribution < 1.29 is 26.6 Å². The van der Waals surface area contributed by atoms with Crippen LogP contribution < -0.4 is 0 Å². The highest BCUT2D eigenvalue weighted by Gasteiger charge is 2.32. The molecular weight excluding hydrogens is 252 g/mol. The Morgan fingerprint density at radius 1 is 0.882 bits per heavy atom. The lowest BCUT2D eigenvalue weighted by atomic mass is 10.4. The van der Waals surface area contributed by atoms with Crippen LogP contribution in [0.3, 0.4) is 0 Å². The molecule has 8 nitrogen and oxygen atoms in total. The zero-order valence-electron chi connectivity index (χ0n) is 8.99. The molecule has 0 saturated carbocycles. The fourth-order valence-corrected chi connectivity index (χ4v) is 2.42. The van der Waals surface area contributed by atoms with Crippen molar-refractivity contribution in [2.24, 2.45) is 0 Å². The Morgan fingerprint density at radius 2 is 1.29 bits per heavy atom. The van der Waals surface area contributed by atoms with Gasteiger partial charge in [-0.15, -0.1) is 8.57 Å². The van der Waals surface area contributed by atoms with Gasteiger partial charge in [0, 0.05) is 12.8 Å². The van der Waals surface area contributed by atoms with Gasteiger partial charge in [-0.25, -0.2) is 10.1 Å². The van der Waals surface area contributed by atoms with Crippen LogP contribution >= 0.6 is 0 Å². The van der Waals surface area contributed by atoms with Crippen LogP contribution in [0.1, 0.15) is 25.7 Å². The number of rotatable bonds is 4. The van der Waals surface area contributed by atoms with Crippen LogP contribution in [0.4, 0.5) is 0 Å². The van der Waals surface area contributed by atoms with Crippen molar-refractivity contribution in [3.8, 4) is 0 Å². The largest absolute Gasteiger partial charge is 0.442 e. The summed E-state index contributed by atoms with van der Waals surface area (Å²) in [4.78, 5) is 22.3. The molecule has 2 aliphatic heterocycles. The molecule has 0 atom stereocenters. The first-order chi connectivity index (χ1) is 7.98. The highest BCUT2D eigenvalue weighted by Crippen LogP contribution is 2.17. The molecule has 0 N–H and O–H groups in total. The Morgan fingerprint density at radius 3 is 1.59 bits per heavy atom. The molecule has 0 aromatic rings. The second kappa shape index (κ2) is 4.59. The predicted octanol–water partition coefficient (Wildman–Crippen LogP) is -0.661. The molecule has 0 aliphatic carbocycles. The number of hydroxylamine groups is 4. The molecular formula is C8H12N2O6S. The van der Waals surface area contributed by atoms with Crippen LogP contribution in [-0.2, 0) is 28.6 Å². The number of nitrogens with zero attached hydrogens (tertiary/aromatic N) is 2. The minimum absolute atomic E-state index is 0.204. The molecule has 2 fully saturated rings. The van der Waals surface area contributed by atoms with Crippen LogP contribution in [0.15, 0.2) is 0 Å². The van der Waals surface area contributed by atoms with E-state index in [1.165, 1.54) is 0 Å². The van der Waals surface area contributed by atoms with E-state index >= 15 is 0 Å². The van der Waals surface area contributed by atoms with Gasteiger partial charge in [0.25, 0.3) is 0 Å². The van der Waals surface area contributed by atoms with Gasteiger partial charge in [-0.2, -0.15) is 8.42 Å². The second-order valence-electron chi connectivity index (χ2n) is 3.76. The number of amides is 2. The first kappa shape index (κ1) is 12.3. The Balaban J connectivity index is 1.94. The number of hydrogen-bond donors (Lipinski definition) is 0. The van der Waals surface area contributed by atoms with Crippen molar-refractivity contribution in [1.29, 1.82) is 0 Å². The van der Waals surface area contributed by atoms with Gasteiger partial charge in [-0.05, 0) is 12.8 Å². The van der Waals surface area contributed by atoms with Crippen LogP contribution in [-0.4, -0.2) is 43.4 Å². The maximum atomic E-state index is 11.4. The summed E-state index contributed by atoms with van der Waals surface area (Å²) in [5.41, 5.74) is 0. The van der Waals surface area contributed by atoms with Gasteiger partial charge < -0.3 is 0 Å². The first-order valence-corrected chi connectivity index (χ1v) is 6.56. The molecule has 96 valence electrons. The average molecular weight is 264 g/mol. The Bertz CT molecular complexity index is 399. The summed E-state index contributed by atoms with van der Waals surface area (Å²) in [5.74, 6) is -0.824. The minimum atomic E-state index is -4.40. The lowest BCUT2D eigenvalue weighted by Crippen LogP contribution is -2.34. The molecule has 2 aliphatic rings. The fraction of sp³-hybridized carbons (Fsp3) is 0.750. The fourth-order valence-electron chi connectivity index (χ4n) is 1.64. The van der Waals surface area contributed by atoms with Crippen molar-refractivity contribution in [3.05, 3.63) is 0 Å². The Labute approximate surface area is 98.3 Å². The third kappa shape index (κ3) is 2.93. The molecule has 2 rings (SSSR count). The normalized spacial score (nSPS) is 21.6. The summed E-state index contributed by atoms with van der Waals surface area (Å²) in [6.45, 7) is 0.407. The van der Waals surface area contributed by atoms with Crippen LogP contribution in [0.2, 0.25) is 0 Å². The maximum Gasteiger partial charge on any atom is 0.442 e. The van der Waals surface area contributed by atoms with Crippen molar-refractivity contribution >= 4 is 22.2 Å². The lowest BCUT2D eigenvalue weighted by molar-refractivity contribution is -0.162. The lowest BCUT2D eigenvalue weighted by Gasteiger charge is -2.17. The standard InChI is InChI=1S/C8H12N2O6S/c11-7-3-1-5-9(7)15-17(13,14)16-10-6-2-4-8(10)12/h1-6H2. The molecule has 2 amide bonds. The van der Waals surface area contributed by atoms with E-state index in [2.05, 4.69) is 8.57 Å². The van der Waals surface area contributed by atoms with E-state index in [0.29, 0.717) is 12.8 Å². The molecule has 2 saturated heterocycles. The van der Waals surface area contributed by atoms with E-state index in [4.69, 9.17) is 0 Å². The van der Waals surface area contributed by atoms with Crippen molar-refractivity contribution in [1.82, 2.24) is 10.1 Å². The second-order valence-corrected chi connectivity index (χ2v) is 4.87. The molecule has 0 aromatic carbocycles. The summed E-state index contributed by atoms with van der Waals surface area (Å²) in [6, 6.07) is 0. The van der Waals surface area contributed by atoms with Gasteiger partial charge in [0.1, 0.15) is 0 Å². The van der Waals surface area contributed by atoms with E-state index in [1.54, 1.807) is 0 Å². The van der Waals surface area contributed by atoms with Gasteiger partial charge in [0.15, 0.2) is 0 Å². The maximum absolute atomic E-state index is 11.4. The van der Waals surface area contributed by atoms with Gasteiger partial charge >= 0.3 is 10.4 Å². The van der Waals surface area contributed by atoms with Gasteiger partial charge in [-0.3, -0.25) is 9.59 Å². The first-order valence-electron chi connectivity index (χ1n) is 5.23. The highest BCUT2D eigenvalue weighted by atomic mass is 32.3. The molecule has 17 heavy (non-hydrogen) atoms. The molecule has 9 heteroatoms. The topological polar surface area (TPSA) is 93.2 Å². The quantitative estimate of drug-likeness (QED) is 0.669. The molecule has 0 aromatic heterocycles. The highest BCUT2D eigenvalue weighted by molar-refractivity contribution is 7.81. The van der Waals surface area contributed by atoms with E-state index < -0.39 is 22.2 Å². The number of hydrogen-bond acceptors (Lipinski definition) is 6. The van der Waals surface area contributed by atoms with Gasteiger partial charge in [0.2, 0.25) is 11.8 Å². The Kier molecular flexibility index (Phi) is 3.31. The summed E-state index contributed by atoms with van der Waals surface area (Å²) < 4.78 is 31.7. The van der Waals surface area contributed by atoms with Crippen LogP contribution in [0, 0.1) is 0 Å². The summed E-state index contributed by atoms with van der Waals surface area (Å²) in [7, 11) is -4.40. The Hall–Kier alpha value is -1.19. The third-order valence-corrected chi connectivity index (χ3v) is 3.15. The molecule has 2 heterocycles. The van der Waals surface area contributed by atoms with E-state index in [0.717, 1.165) is 10.1 Å². The zero-order chi connectivity index (χ0) is 12.5. The third-order valence-electron chi connectivity index (χ3n) is 2.42. The molecule has 0 radical (unpaired) electrons. The molecule has 0 spiro atoms. The SMILES string of the molecule is O=C1CCCN1OS(=O)(=O)ON1CCCC1=O. The average Bonchev–Trinajstić information content (AvgIpc) is 2.78. The smallest absolute Gasteiger partial charge is 0.273 e. The minimum Gasteiger partial charge on any atom is -0.273 e. The van der Waals surface area contributed by atoms with Crippen molar-refractivity contribution in [2.45, 2.75) is 25.7 Å². The summed E-state index contributed by atoms with van der Waals surface area (Å²) >= 11 is 0. The van der Waals surface area contributed by atoms with E-state index in [1.807, 2.05) is 0 Å². The predicted molar refractivity (Wildman–Crippen MR) is 53.0 cm³/mol. The summed E-state index contributed by atoms with van der Waals surface area (Å²) in [5, 5.41) is 1.46. The van der Waals surface area contributed by atoms with E-state index in [9.17, 15) is 18.0 Å². The van der Waals surface area contributed by atoms with Gasteiger partial charge in [0.05, 0.1) is 13.1 Å². The van der Waals surface area contributed by atoms with Crippen molar-refractivity contribution in [2.75, 3.05) is 13.1 Å².